The van der Waals surface area contributed by atoms with Crippen molar-refractivity contribution >= 4 is 5.69 Å². The summed E-state index contributed by atoms with van der Waals surface area (Å²) in [6.07, 6.45) is 24.2. The normalized spacial score (nSPS) is 11.2. The zero-order valence-electron chi connectivity index (χ0n) is 17.8. The Morgan fingerprint density at radius 3 is 1.46 bits per heavy atom. The van der Waals surface area contributed by atoms with Crippen LogP contribution in [0.1, 0.15) is 121 Å². The summed E-state index contributed by atoms with van der Waals surface area (Å²) < 4.78 is 0. The molecule has 0 bridgehead atoms. The molecule has 0 unspecified atom stereocenters. The highest BCUT2D eigenvalue weighted by atomic mass is 14.5. The van der Waals surface area contributed by atoms with Crippen molar-refractivity contribution in [3.63, 3.8) is 0 Å². The number of nitrogens with two attached hydrogens (primary N) is 1. The molecule has 0 aromatic heterocycles. The molecule has 26 heavy (non-hydrogen) atoms. The number of unbranched alkanes of at least 4 members (excludes halogenated alkanes) is 15. The van der Waals surface area contributed by atoms with Gasteiger partial charge in [-0.2, -0.15) is 0 Å². The lowest BCUT2D eigenvalue weighted by atomic mass is 10.00. The quantitative estimate of drug-likeness (QED) is 0.219. The van der Waals surface area contributed by atoms with Gasteiger partial charge in [-0.05, 0) is 43.0 Å². The molecule has 0 atom stereocenters. The summed E-state index contributed by atoms with van der Waals surface area (Å²) in [5.74, 6) is 0. The number of rotatable bonds is 17. The zero-order chi connectivity index (χ0) is 18.9. The number of benzene rings is 1. The van der Waals surface area contributed by atoms with E-state index in [1.807, 2.05) is 6.07 Å². The third kappa shape index (κ3) is 12.4. The van der Waals surface area contributed by atoms with Crippen LogP contribution in [0.4, 0.5) is 5.69 Å². The molecule has 0 saturated carbocycles. The zero-order valence-corrected chi connectivity index (χ0v) is 17.8. The van der Waals surface area contributed by atoms with Gasteiger partial charge in [0.1, 0.15) is 0 Å². The van der Waals surface area contributed by atoms with Crippen LogP contribution >= 0.6 is 0 Å². The first kappa shape index (κ1) is 23.1. The molecule has 1 aromatic rings. The van der Waals surface area contributed by atoms with E-state index in [0.717, 1.165) is 5.69 Å². The van der Waals surface area contributed by atoms with Crippen LogP contribution in [0.5, 0.6) is 0 Å². The van der Waals surface area contributed by atoms with Crippen molar-refractivity contribution < 1.29 is 0 Å². The molecular formula is C25H45N. The molecule has 0 heterocycles. The molecule has 0 radical (unpaired) electrons. The molecule has 0 aliphatic carbocycles. The Morgan fingerprint density at radius 1 is 0.615 bits per heavy atom. The lowest BCUT2D eigenvalue weighted by Crippen LogP contribution is -1.93. The lowest BCUT2D eigenvalue weighted by Gasteiger charge is -2.07. The van der Waals surface area contributed by atoms with Crippen LogP contribution in [-0.2, 0) is 6.42 Å². The summed E-state index contributed by atoms with van der Waals surface area (Å²) in [5, 5.41) is 0. The van der Waals surface area contributed by atoms with Crippen molar-refractivity contribution in [1.82, 2.24) is 0 Å². The minimum absolute atomic E-state index is 0.887. The fourth-order valence-electron chi connectivity index (χ4n) is 3.86. The van der Waals surface area contributed by atoms with Gasteiger partial charge in [0.25, 0.3) is 0 Å². The van der Waals surface area contributed by atoms with Crippen LogP contribution in [0.15, 0.2) is 18.2 Å². The second-order valence-corrected chi connectivity index (χ2v) is 8.24. The first-order chi connectivity index (χ1) is 12.7. The van der Waals surface area contributed by atoms with Crippen LogP contribution in [-0.4, -0.2) is 0 Å². The Hall–Kier alpha value is -0.980. The van der Waals surface area contributed by atoms with Crippen molar-refractivity contribution in [1.29, 1.82) is 0 Å². The van der Waals surface area contributed by atoms with Gasteiger partial charge >= 0.3 is 0 Å². The molecule has 1 rings (SSSR count). The van der Waals surface area contributed by atoms with E-state index in [-0.39, 0.29) is 0 Å². The number of hydrogen-bond acceptors (Lipinski definition) is 1. The largest absolute Gasteiger partial charge is 0.399 e. The molecule has 2 N–H and O–H groups in total. The SMILES string of the molecule is CCCCCCCCCCCCCCCCCCc1ccc(N)cc1C. The maximum atomic E-state index is 5.82. The van der Waals surface area contributed by atoms with Crippen molar-refractivity contribution in [2.75, 3.05) is 5.73 Å². The van der Waals surface area contributed by atoms with Gasteiger partial charge in [-0.1, -0.05) is 109 Å². The van der Waals surface area contributed by atoms with Crippen molar-refractivity contribution in [3.05, 3.63) is 29.3 Å². The summed E-state index contributed by atoms with van der Waals surface area (Å²) in [6, 6.07) is 6.34. The van der Waals surface area contributed by atoms with Crippen LogP contribution in [0.3, 0.4) is 0 Å². The summed E-state index contributed by atoms with van der Waals surface area (Å²) in [5.41, 5.74) is 9.53. The number of aryl methyl sites for hydroxylation is 2. The molecule has 1 nitrogen and oxygen atoms in total. The Kier molecular flexibility index (Phi) is 14.4. The molecule has 0 saturated heterocycles. The van der Waals surface area contributed by atoms with Crippen LogP contribution in [0, 0.1) is 6.92 Å². The lowest BCUT2D eigenvalue weighted by molar-refractivity contribution is 0.529. The maximum absolute atomic E-state index is 5.82. The van der Waals surface area contributed by atoms with Gasteiger partial charge in [-0.3, -0.25) is 0 Å². The second-order valence-electron chi connectivity index (χ2n) is 8.24. The summed E-state index contributed by atoms with van der Waals surface area (Å²) >= 11 is 0. The highest BCUT2D eigenvalue weighted by molar-refractivity contribution is 5.44. The van der Waals surface area contributed by atoms with Crippen LogP contribution < -0.4 is 5.73 Å². The standard InChI is InChI=1S/C25H45N/c1-3-4-5-6-7-8-9-10-11-12-13-14-15-16-17-18-19-24-20-21-25(26)22-23(24)2/h20-22H,3-19,26H2,1-2H3. The summed E-state index contributed by atoms with van der Waals surface area (Å²) in [7, 11) is 0. The summed E-state index contributed by atoms with van der Waals surface area (Å²) in [4.78, 5) is 0. The van der Waals surface area contributed by atoms with Gasteiger partial charge in [0.15, 0.2) is 0 Å². The Labute approximate surface area is 164 Å². The highest BCUT2D eigenvalue weighted by Crippen LogP contribution is 2.17. The maximum Gasteiger partial charge on any atom is 0.0316 e. The molecule has 150 valence electrons. The summed E-state index contributed by atoms with van der Waals surface area (Å²) in [6.45, 7) is 4.47. The molecule has 0 spiro atoms. The predicted octanol–water partition coefficient (Wildman–Crippen LogP) is 8.38. The minimum atomic E-state index is 0.887. The molecule has 0 amide bonds. The van der Waals surface area contributed by atoms with Gasteiger partial charge in [-0.15, -0.1) is 0 Å². The smallest absolute Gasteiger partial charge is 0.0316 e. The van der Waals surface area contributed by atoms with E-state index in [0.29, 0.717) is 0 Å². The molecule has 0 aliphatic rings. The van der Waals surface area contributed by atoms with E-state index in [4.69, 9.17) is 5.73 Å². The molecular weight excluding hydrogens is 314 g/mol. The van der Waals surface area contributed by atoms with E-state index in [9.17, 15) is 0 Å². The number of anilines is 1. The third-order valence-electron chi connectivity index (χ3n) is 5.67. The van der Waals surface area contributed by atoms with Crippen molar-refractivity contribution in [3.8, 4) is 0 Å². The average molecular weight is 360 g/mol. The Morgan fingerprint density at radius 2 is 1.04 bits per heavy atom. The van der Waals surface area contributed by atoms with E-state index in [1.54, 1.807) is 0 Å². The monoisotopic (exact) mass is 359 g/mol. The molecule has 0 aliphatic heterocycles. The first-order valence-electron chi connectivity index (χ1n) is 11.6. The van der Waals surface area contributed by atoms with Gasteiger partial charge < -0.3 is 5.73 Å². The first-order valence-corrected chi connectivity index (χ1v) is 11.6. The molecule has 0 fully saturated rings. The van der Waals surface area contributed by atoms with E-state index < -0.39 is 0 Å². The van der Waals surface area contributed by atoms with E-state index in [2.05, 4.69) is 26.0 Å². The number of hydrogen-bond donors (Lipinski definition) is 1. The van der Waals surface area contributed by atoms with Crippen LogP contribution in [0.25, 0.3) is 0 Å². The van der Waals surface area contributed by atoms with Gasteiger partial charge in [0.05, 0.1) is 0 Å². The van der Waals surface area contributed by atoms with Gasteiger partial charge in [0, 0.05) is 5.69 Å². The van der Waals surface area contributed by atoms with Crippen LogP contribution in [0.2, 0.25) is 0 Å². The van der Waals surface area contributed by atoms with Crippen molar-refractivity contribution in [2.24, 2.45) is 0 Å². The topological polar surface area (TPSA) is 26.0 Å². The minimum Gasteiger partial charge on any atom is -0.399 e. The highest BCUT2D eigenvalue weighted by Gasteiger charge is 1.99. The Balaban J connectivity index is 1.79. The number of nitrogen functional groups attached to an aromatic ring is 1. The fraction of sp³-hybridized carbons (Fsp3) is 0.760. The predicted molar refractivity (Wildman–Crippen MR) is 119 cm³/mol. The average Bonchev–Trinajstić information content (AvgIpc) is 2.63. The fourth-order valence-corrected chi connectivity index (χ4v) is 3.86. The molecule has 1 aromatic carbocycles. The second kappa shape index (κ2) is 16.2. The van der Waals surface area contributed by atoms with Gasteiger partial charge in [0.2, 0.25) is 0 Å². The van der Waals surface area contributed by atoms with Gasteiger partial charge in [-0.25, -0.2) is 0 Å². The Bertz CT molecular complexity index is 438. The molecule has 1 heteroatoms. The third-order valence-corrected chi connectivity index (χ3v) is 5.67. The van der Waals surface area contributed by atoms with E-state index in [1.165, 1.54) is 120 Å². The van der Waals surface area contributed by atoms with E-state index >= 15 is 0 Å². The van der Waals surface area contributed by atoms with Crippen molar-refractivity contribution in [2.45, 2.75) is 123 Å².